The second kappa shape index (κ2) is 4.71. The molecule has 0 aliphatic carbocycles. The Hall–Kier alpha value is -1.95. The number of halogens is 1. The second-order valence-corrected chi connectivity index (χ2v) is 3.34. The summed E-state index contributed by atoms with van der Waals surface area (Å²) < 4.78 is 0. The normalized spacial score (nSPS) is 10.1. The van der Waals surface area contributed by atoms with E-state index in [0.717, 1.165) is 5.56 Å². The van der Waals surface area contributed by atoms with Crippen molar-refractivity contribution in [1.82, 2.24) is 19.9 Å². The van der Waals surface area contributed by atoms with Crippen LogP contribution in [0.25, 0.3) is 0 Å². The number of pyridine rings is 1. The minimum Gasteiger partial charge on any atom is -0.368 e. The molecule has 7 heteroatoms. The van der Waals surface area contributed by atoms with Crippen molar-refractivity contribution in [3.05, 3.63) is 35.4 Å². The zero-order chi connectivity index (χ0) is 11.4. The van der Waals surface area contributed by atoms with Gasteiger partial charge in [-0.15, -0.1) is 0 Å². The van der Waals surface area contributed by atoms with Gasteiger partial charge in [-0.1, -0.05) is 6.07 Å². The monoisotopic (exact) mass is 236 g/mol. The Kier molecular flexibility index (Phi) is 3.11. The van der Waals surface area contributed by atoms with Crippen molar-refractivity contribution in [2.24, 2.45) is 0 Å². The van der Waals surface area contributed by atoms with Crippen LogP contribution in [0.1, 0.15) is 5.56 Å². The first-order valence-corrected chi connectivity index (χ1v) is 4.91. The van der Waals surface area contributed by atoms with E-state index >= 15 is 0 Å². The smallest absolute Gasteiger partial charge is 0.229 e. The van der Waals surface area contributed by atoms with E-state index in [9.17, 15) is 0 Å². The molecule has 0 atom stereocenters. The molecule has 0 aliphatic rings. The maximum Gasteiger partial charge on any atom is 0.229 e. The minimum atomic E-state index is 0.0705. The van der Waals surface area contributed by atoms with Crippen LogP contribution in [0.2, 0.25) is 5.28 Å². The molecule has 0 amide bonds. The predicted molar refractivity (Wildman–Crippen MR) is 60.8 cm³/mol. The first-order chi connectivity index (χ1) is 7.74. The van der Waals surface area contributed by atoms with Gasteiger partial charge in [-0.25, -0.2) is 0 Å². The van der Waals surface area contributed by atoms with E-state index in [1.54, 1.807) is 12.4 Å². The maximum absolute atomic E-state index is 5.64. The van der Waals surface area contributed by atoms with Crippen molar-refractivity contribution in [2.45, 2.75) is 6.54 Å². The van der Waals surface area contributed by atoms with Gasteiger partial charge in [0.05, 0.1) is 0 Å². The summed E-state index contributed by atoms with van der Waals surface area (Å²) in [5.41, 5.74) is 6.44. The molecule has 3 N–H and O–H groups in total. The number of hydrogen-bond donors (Lipinski definition) is 2. The van der Waals surface area contributed by atoms with Crippen LogP contribution < -0.4 is 11.1 Å². The van der Waals surface area contributed by atoms with E-state index in [-0.39, 0.29) is 11.2 Å². The molecule has 2 heterocycles. The standard InChI is InChI=1S/C9H9ClN6/c10-7-14-8(11)16-9(15-7)13-5-6-2-1-3-12-4-6/h1-4H,5H2,(H3,11,13,14,15,16). The Morgan fingerprint density at radius 1 is 1.31 bits per heavy atom. The number of rotatable bonds is 3. The highest BCUT2D eigenvalue weighted by Crippen LogP contribution is 2.08. The predicted octanol–water partition coefficient (Wildman–Crippen LogP) is 1.11. The largest absolute Gasteiger partial charge is 0.368 e. The van der Waals surface area contributed by atoms with Crippen LogP contribution in [0.3, 0.4) is 0 Å². The molecular weight excluding hydrogens is 228 g/mol. The number of nitrogens with one attached hydrogen (secondary N) is 1. The van der Waals surface area contributed by atoms with Gasteiger partial charge in [0.2, 0.25) is 17.2 Å². The fourth-order valence-corrected chi connectivity index (χ4v) is 1.29. The fraction of sp³-hybridized carbons (Fsp3) is 0.111. The zero-order valence-corrected chi connectivity index (χ0v) is 9.02. The lowest BCUT2D eigenvalue weighted by Crippen LogP contribution is -2.07. The molecule has 0 fully saturated rings. The molecule has 0 aromatic carbocycles. The van der Waals surface area contributed by atoms with E-state index in [0.29, 0.717) is 12.5 Å². The lowest BCUT2D eigenvalue weighted by molar-refractivity contribution is 1.01. The minimum absolute atomic E-state index is 0.0705. The molecular formula is C9H9ClN6. The van der Waals surface area contributed by atoms with Crippen LogP contribution in [-0.4, -0.2) is 19.9 Å². The van der Waals surface area contributed by atoms with E-state index in [4.69, 9.17) is 17.3 Å². The molecule has 0 radical (unpaired) electrons. The molecule has 16 heavy (non-hydrogen) atoms. The van der Waals surface area contributed by atoms with Crippen LogP contribution in [-0.2, 0) is 6.54 Å². The van der Waals surface area contributed by atoms with Gasteiger partial charge in [0.15, 0.2) is 0 Å². The summed E-state index contributed by atoms with van der Waals surface area (Å²) >= 11 is 5.64. The van der Waals surface area contributed by atoms with Crippen molar-refractivity contribution >= 4 is 23.5 Å². The highest BCUT2D eigenvalue weighted by Gasteiger charge is 2.01. The Morgan fingerprint density at radius 2 is 2.19 bits per heavy atom. The van der Waals surface area contributed by atoms with Gasteiger partial charge >= 0.3 is 0 Å². The van der Waals surface area contributed by atoms with E-state index in [2.05, 4.69) is 25.3 Å². The summed E-state index contributed by atoms with van der Waals surface area (Å²) in [4.78, 5) is 15.4. The lowest BCUT2D eigenvalue weighted by atomic mass is 10.3. The van der Waals surface area contributed by atoms with Gasteiger partial charge in [-0.05, 0) is 23.2 Å². The summed E-state index contributed by atoms with van der Waals surface area (Å²) in [6.45, 7) is 0.549. The third kappa shape index (κ3) is 2.77. The average Bonchev–Trinajstić information content (AvgIpc) is 2.27. The van der Waals surface area contributed by atoms with E-state index in [1.807, 2.05) is 12.1 Å². The van der Waals surface area contributed by atoms with Crippen molar-refractivity contribution in [3.63, 3.8) is 0 Å². The van der Waals surface area contributed by atoms with Crippen LogP contribution in [0, 0.1) is 0 Å². The zero-order valence-electron chi connectivity index (χ0n) is 8.26. The van der Waals surface area contributed by atoms with Gasteiger partial charge in [0, 0.05) is 18.9 Å². The van der Waals surface area contributed by atoms with Crippen molar-refractivity contribution in [2.75, 3.05) is 11.1 Å². The van der Waals surface area contributed by atoms with Gasteiger partial charge in [-0.2, -0.15) is 15.0 Å². The van der Waals surface area contributed by atoms with Crippen molar-refractivity contribution in [1.29, 1.82) is 0 Å². The summed E-state index contributed by atoms with van der Waals surface area (Å²) in [5, 5.41) is 3.05. The van der Waals surface area contributed by atoms with Gasteiger partial charge < -0.3 is 11.1 Å². The average molecular weight is 237 g/mol. The molecule has 0 aliphatic heterocycles. The summed E-state index contributed by atoms with van der Waals surface area (Å²) in [6.07, 6.45) is 3.46. The van der Waals surface area contributed by atoms with Crippen LogP contribution in [0.5, 0.6) is 0 Å². The van der Waals surface area contributed by atoms with Gasteiger partial charge in [0.25, 0.3) is 0 Å². The third-order valence-electron chi connectivity index (χ3n) is 1.80. The van der Waals surface area contributed by atoms with E-state index < -0.39 is 0 Å². The molecule has 0 unspecified atom stereocenters. The molecule has 82 valence electrons. The second-order valence-electron chi connectivity index (χ2n) is 3.00. The highest BCUT2D eigenvalue weighted by molar-refractivity contribution is 6.28. The number of nitrogens with zero attached hydrogens (tertiary/aromatic N) is 4. The number of aromatic nitrogens is 4. The lowest BCUT2D eigenvalue weighted by Gasteiger charge is -2.04. The maximum atomic E-state index is 5.64. The summed E-state index contributed by atoms with van der Waals surface area (Å²) in [6, 6.07) is 3.79. The molecule has 0 bridgehead atoms. The number of nitrogens with two attached hydrogens (primary N) is 1. The Labute approximate surface area is 96.9 Å². The molecule has 0 saturated heterocycles. The molecule has 2 aromatic heterocycles. The fourth-order valence-electron chi connectivity index (χ4n) is 1.13. The van der Waals surface area contributed by atoms with Crippen LogP contribution in [0.4, 0.5) is 11.9 Å². The number of hydrogen-bond acceptors (Lipinski definition) is 6. The van der Waals surface area contributed by atoms with Crippen LogP contribution in [0.15, 0.2) is 24.5 Å². The number of nitrogen functional groups attached to an aromatic ring is 1. The molecule has 0 spiro atoms. The first-order valence-electron chi connectivity index (χ1n) is 4.54. The number of anilines is 2. The molecule has 2 rings (SSSR count). The first kappa shape index (κ1) is 10.6. The van der Waals surface area contributed by atoms with Crippen molar-refractivity contribution < 1.29 is 0 Å². The Bertz CT molecular complexity index is 454. The molecule has 0 saturated carbocycles. The van der Waals surface area contributed by atoms with Gasteiger partial charge in [-0.3, -0.25) is 4.98 Å². The Balaban J connectivity index is 2.05. The highest BCUT2D eigenvalue weighted by atomic mass is 35.5. The quantitative estimate of drug-likeness (QED) is 0.830. The topological polar surface area (TPSA) is 89.6 Å². The summed E-state index contributed by atoms with van der Waals surface area (Å²) in [5.74, 6) is 0.440. The summed E-state index contributed by atoms with van der Waals surface area (Å²) in [7, 11) is 0. The third-order valence-corrected chi connectivity index (χ3v) is 1.97. The van der Waals surface area contributed by atoms with Crippen LogP contribution >= 0.6 is 11.6 Å². The Morgan fingerprint density at radius 3 is 2.88 bits per heavy atom. The van der Waals surface area contributed by atoms with E-state index in [1.165, 1.54) is 0 Å². The SMILES string of the molecule is Nc1nc(Cl)nc(NCc2cccnc2)n1. The van der Waals surface area contributed by atoms with Crippen molar-refractivity contribution in [3.8, 4) is 0 Å². The van der Waals surface area contributed by atoms with Gasteiger partial charge in [0.1, 0.15) is 0 Å². The molecule has 2 aromatic rings. The molecule has 6 nitrogen and oxygen atoms in total.